The second-order valence-corrected chi connectivity index (χ2v) is 7.16. The summed E-state index contributed by atoms with van der Waals surface area (Å²) in [6, 6.07) is 16.4. The highest BCUT2D eigenvalue weighted by molar-refractivity contribution is 7.98. The highest BCUT2D eigenvalue weighted by atomic mass is 35.5. The maximum Gasteiger partial charge on any atom is 0.170 e. The van der Waals surface area contributed by atoms with Gasteiger partial charge >= 0.3 is 0 Å². The van der Waals surface area contributed by atoms with Crippen LogP contribution in [0, 0.1) is 6.92 Å². The number of rotatable bonds is 7. The predicted octanol–water partition coefficient (Wildman–Crippen LogP) is 5.26. The molecule has 122 valence electrons. The topological polar surface area (TPSA) is 24.1 Å². The fraction of sp³-hybridized carbons (Fsp3) is 0.278. The number of nitrogens with one attached hydrogen (secondary N) is 2. The number of hydrogen-bond donors (Lipinski definition) is 2. The van der Waals surface area contributed by atoms with Crippen LogP contribution in [-0.2, 0) is 5.75 Å². The lowest BCUT2D eigenvalue weighted by molar-refractivity contribution is 0.854. The monoisotopic (exact) mass is 364 g/mol. The molecular weight excluding hydrogens is 344 g/mol. The van der Waals surface area contributed by atoms with Crippen LogP contribution in [0.15, 0.2) is 48.5 Å². The van der Waals surface area contributed by atoms with Crippen molar-refractivity contribution in [3.05, 3.63) is 64.7 Å². The SMILES string of the molecule is Cc1ccc(NC(=S)NCCCSCc2ccccc2)cc1Cl. The summed E-state index contributed by atoms with van der Waals surface area (Å²) in [7, 11) is 0. The minimum Gasteiger partial charge on any atom is -0.362 e. The molecule has 0 heterocycles. The van der Waals surface area contributed by atoms with Crippen molar-refractivity contribution in [2.75, 3.05) is 17.6 Å². The van der Waals surface area contributed by atoms with E-state index in [2.05, 4.69) is 34.9 Å². The van der Waals surface area contributed by atoms with Crippen molar-refractivity contribution in [2.45, 2.75) is 19.1 Å². The van der Waals surface area contributed by atoms with Crippen molar-refractivity contribution in [3.63, 3.8) is 0 Å². The molecule has 2 nitrogen and oxygen atoms in total. The highest BCUT2D eigenvalue weighted by Crippen LogP contribution is 2.19. The van der Waals surface area contributed by atoms with Gasteiger partial charge in [-0.1, -0.05) is 48.0 Å². The predicted molar refractivity (Wildman–Crippen MR) is 108 cm³/mol. The summed E-state index contributed by atoms with van der Waals surface area (Å²) in [5.41, 5.74) is 3.35. The summed E-state index contributed by atoms with van der Waals surface area (Å²) in [5, 5.41) is 7.77. The van der Waals surface area contributed by atoms with E-state index in [1.165, 1.54) is 5.56 Å². The minimum atomic E-state index is 0.637. The zero-order valence-corrected chi connectivity index (χ0v) is 15.5. The van der Waals surface area contributed by atoms with Crippen LogP contribution in [0.5, 0.6) is 0 Å². The largest absolute Gasteiger partial charge is 0.362 e. The summed E-state index contributed by atoms with van der Waals surface area (Å²) in [4.78, 5) is 0. The molecule has 0 aliphatic rings. The Morgan fingerprint density at radius 2 is 1.96 bits per heavy atom. The fourth-order valence-corrected chi connectivity index (χ4v) is 3.31. The molecule has 0 saturated carbocycles. The molecular formula is C18H21ClN2S2. The Labute approximate surface area is 153 Å². The average Bonchev–Trinajstić information content (AvgIpc) is 2.55. The van der Waals surface area contributed by atoms with Gasteiger partial charge in [0, 0.05) is 23.0 Å². The normalized spacial score (nSPS) is 10.3. The number of thioether (sulfide) groups is 1. The van der Waals surface area contributed by atoms with E-state index in [4.69, 9.17) is 23.8 Å². The molecule has 0 unspecified atom stereocenters. The molecule has 2 rings (SSSR count). The van der Waals surface area contributed by atoms with Crippen molar-refractivity contribution in [1.82, 2.24) is 5.32 Å². The summed E-state index contributed by atoms with van der Waals surface area (Å²) in [6.45, 7) is 2.85. The molecule has 0 fully saturated rings. The first-order valence-corrected chi connectivity index (χ1v) is 9.52. The van der Waals surface area contributed by atoms with E-state index in [1.807, 2.05) is 43.0 Å². The Morgan fingerprint density at radius 3 is 2.70 bits per heavy atom. The zero-order valence-electron chi connectivity index (χ0n) is 13.1. The van der Waals surface area contributed by atoms with Gasteiger partial charge in [-0.25, -0.2) is 0 Å². The van der Waals surface area contributed by atoms with Crippen LogP contribution in [0.4, 0.5) is 5.69 Å². The van der Waals surface area contributed by atoms with Crippen LogP contribution in [-0.4, -0.2) is 17.4 Å². The van der Waals surface area contributed by atoms with Crippen molar-refractivity contribution in [1.29, 1.82) is 0 Å². The molecule has 0 radical (unpaired) electrons. The van der Waals surface area contributed by atoms with Crippen LogP contribution >= 0.6 is 35.6 Å². The highest BCUT2D eigenvalue weighted by Gasteiger charge is 2.00. The lowest BCUT2D eigenvalue weighted by Gasteiger charge is -2.11. The third-order valence-electron chi connectivity index (χ3n) is 3.29. The van der Waals surface area contributed by atoms with Crippen molar-refractivity contribution >= 4 is 46.4 Å². The Morgan fingerprint density at radius 1 is 1.17 bits per heavy atom. The number of anilines is 1. The lowest BCUT2D eigenvalue weighted by atomic mass is 10.2. The van der Waals surface area contributed by atoms with Gasteiger partial charge in [0.15, 0.2) is 5.11 Å². The molecule has 5 heteroatoms. The molecule has 0 aliphatic carbocycles. The molecule has 23 heavy (non-hydrogen) atoms. The standard InChI is InChI=1S/C18H21ClN2S2/c1-14-8-9-16(12-17(14)19)21-18(22)20-10-5-11-23-13-15-6-3-2-4-7-15/h2-4,6-9,12H,5,10-11,13H2,1H3,(H2,20,21,22). The van der Waals surface area contributed by atoms with Crippen LogP contribution in [0.1, 0.15) is 17.5 Å². The number of hydrogen-bond acceptors (Lipinski definition) is 2. The first kappa shape index (κ1) is 18.1. The number of halogens is 1. The molecule has 2 aromatic rings. The van der Waals surface area contributed by atoms with Crippen molar-refractivity contribution in [2.24, 2.45) is 0 Å². The second kappa shape index (κ2) is 9.81. The van der Waals surface area contributed by atoms with Gasteiger partial charge < -0.3 is 10.6 Å². The maximum absolute atomic E-state index is 6.10. The zero-order chi connectivity index (χ0) is 16.5. The van der Waals surface area contributed by atoms with E-state index >= 15 is 0 Å². The van der Waals surface area contributed by atoms with Gasteiger partial charge in [0.25, 0.3) is 0 Å². The average molecular weight is 365 g/mol. The van der Waals surface area contributed by atoms with Gasteiger partial charge in [0.05, 0.1) is 0 Å². The third-order valence-corrected chi connectivity index (χ3v) is 5.06. The van der Waals surface area contributed by atoms with E-state index in [0.29, 0.717) is 5.11 Å². The summed E-state index contributed by atoms with van der Waals surface area (Å²) in [5.74, 6) is 2.17. The quantitative estimate of drug-likeness (QED) is 0.517. The van der Waals surface area contributed by atoms with Crippen LogP contribution in [0.2, 0.25) is 5.02 Å². The Kier molecular flexibility index (Phi) is 7.72. The maximum atomic E-state index is 6.10. The van der Waals surface area contributed by atoms with E-state index < -0.39 is 0 Å². The second-order valence-electron chi connectivity index (χ2n) is 5.24. The summed E-state index contributed by atoms with van der Waals surface area (Å²) in [6.07, 6.45) is 1.08. The molecule has 0 atom stereocenters. The molecule has 2 N–H and O–H groups in total. The summed E-state index contributed by atoms with van der Waals surface area (Å²) < 4.78 is 0. The van der Waals surface area contributed by atoms with Crippen molar-refractivity contribution < 1.29 is 0 Å². The lowest BCUT2D eigenvalue weighted by Crippen LogP contribution is -2.29. The van der Waals surface area contributed by atoms with Gasteiger partial charge in [-0.2, -0.15) is 11.8 Å². The van der Waals surface area contributed by atoms with Crippen molar-refractivity contribution in [3.8, 4) is 0 Å². The van der Waals surface area contributed by atoms with Gasteiger partial charge in [-0.3, -0.25) is 0 Å². The van der Waals surface area contributed by atoms with Crippen LogP contribution in [0.3, 0.4) is 0 Å². The Bertz CT molecular complexity index is 632. The number of benzene rings is 2. The smallest absolute Gasteiger partial charge is 0.170 e. The first-order chi connectivity index (χ1) is 11.1. The van der Waals surface area contributed by atoms with Gasteiger partial charge in [-0.05, 0) is 54.6 Å². The van der Waals surface area contributed by atoms with Gasteiger partial charge in [0.2, 0.25) is 0 Å². The molecule has 0 aliphatic heterocycles. The Balaban J connectivity index is 1.58. The molecule has 0 bridgehead atoms. The Hall–Kier alpha value is -1.23. The number of thiocarbonyl (C=S) groups is 1. The first-order valence-electron chi connectivity index (χ1n) is 7.58. The summed E-state index contributed by atoms with van der Waals surface area (Å²) >= 11 is 13.3. The van der Waals surface area contributed by atoms with Gasteiger partial charge in [0.1, 0.15) is 0 Å². The van der Waals surface area contributed by atoms with Gasteiger partial charge in [-0.15, -0.1) is 0 Å². The molecule has 0 saturated heterocycles. The molecule has 2 aromatic carbocycles. The van der Waals surface area contributed by atoms with E-state index in [0.717, 1.165) is 40.7 Å². The number of aryl methyl sites for hydroxylation is 1. The van der Waals surface area contributed by atoms with Crippen LogP contribution < -0.4 is 10.6 Å². The fourth-order valence-electron chi connectivity index (χ4n) is 1.99. The molecule has 0 spiro atoms. The van der Waals surface area contributed by atoms with E-state index in [-0.39, 0.29) is 0 Å². The van der Waals surface area contributed by atoms with E-state index in [1.54, 1.807) is 0 Å². The van der Waals surface area contributed by atoms with E-state index in [9.17, 15) is 0 Å². The van der Waals surface area contributed by atoms with Crippen LogP contribution in [0.25, 0.3) is 0 Å². The molecule has 0 amide bonds. The third kappa shape index (κ3) is 6.81. The molecule has 0 aromatic heterocycles. The minimum absolute atomic E-state index is 0.637.